The summed E-state index contributed by atoms with van der Waals surface area (Å²) in [4.78, 5) is 2.78. The van der Waals surface area contributed by atoms with Gasteiger partial charge in [-0.25, -0.2) is 0 Å². The van der Waals surface area contributed by atoms with Gasteiger partial charge in [0.1, 0.15) is 0 Å². The van der Waals surface area contributed by atoms with Crippen molar-refractivity contribution < 1.29 is 4.74 Å². The number of hydrogen-bond acceptors (Lipinski definition) is 3. The van der Waals surface area contributed by atoms with Gasteiger partial charge >= 0.3 is 0 Å². The van der Waals surface area contributed by atoms with E-state index in [2.05, 4.69) is 24.1 Å². The van der Waals surface area contributed by atoms with Crippen LogP contribution in [0.4, 0.5) is 0 Å². The van der Waals surface area contributed by atoms with Crippen LogP contribution in [0.15, 0.2) is 0 Å². The number of ether oxygens (including phenoxy) is 1. The van der Waals surface area contributed by atoms with Crippen molar-refractivity contribution in [2.45, 2.75) is 70.1 Å². The topological polar surface area (TPSA) is 24.5 Å². The molecule has 1 N–H and O–H groups in total. The molecule has 0 aromatic heterocycles. The molecule has 3 heteroatoms. The normalized spacial score (nSPS) is 38.1. The van der Waals surface area contributed by atoms with Gasteiger partial charge in [-0.05, 0) is 38.8 Å². The molecule has 0 amide bonds. The van der Waals surface area contributed by atoms with E-state index in [4.69, 9.17) is 4.74 Å². The Kier molecular flexibility index (Phi) is 3.65. The summed E-state index contributed by atoms with van der Waals surface area (Å²) in [7, 11) is 1.87. The second kappa shape index (κ2) is 5.01. The van der Waals surface area contributed by atoms with Crippen LogP contribution < -0.4 is 5.32 Å². The maximum Gasteiger partial charge on any atom is 0.0652 e. The van der Waals surface area contributed by atoms with E-state index in [1.54, 1.807) is 0 Å². The first-order valence-electron chi connectivity index (χ1n) is 8.09. The predicted octanol–water partition coefficient (Wildman–Crippen LogP) is 2.41. The van der Waals surface area contributed by atoms with Gasteiger partial charge in [0, 0.05) is 30.7 Å². The van der Waals surface area contributed by atoms with Crippen LogP contribution in [0.1, 0.15) is 52.4 Å². The van der Waals surface area contributed by atoms with Crippen LogP contribution in [0.5, 0.6) is 0 Å². The van der Waals surface area contributed by atoms with Gasteiger partial charge in [0.05, 0.1) is 6.10 Å². The highest BCUT2D eigenvalue weighted by Crippen LogP contribution is 2.46. The van der Waals surface area contributed by atoms with E-state index in [1.165, 1.54) is 58.2 Å². The lowest BCUT2D eigenvalue weighted by molar-refractivity contribution is -0.140. The van der Waals surface area contributed by atoms with Crippen molar-refractivity contribution in [1.29, 1.82) is 0 Å². The van der Waals surface area contributed by atoms with E-state index in [1.807, 2.05) is 7.11 Å². The fourth-order valence-electron chi connectivity index (χ4n) is 4.70. The molecule has 1 heterocycles. The van der Waals surface area contributed by atoms with Crippen molar-refractivity contribution in [3.63, 3.8) is 0 Å². The van der Waals surface area contributed by atoms with E-state index in [9.17, 15) is 0 Å². The zero-order chi connectivity index (χ0) is 13.5. The molecule has 0 aromatic rings. The maximum atomic E-state index is 5.63. The van der Waals surface area contributed by atoms with Crippen molar-refractivity contribution in [2.75, 3.05) is 26.7 Å². The SMILES string of the molecule is COC1CC(N2CCCNC3(CCCC3)C2)C1(C)C. The third-order valence-corrected chi connectivity index (χ3v) is 6.04. The quantitative estimate of drug-likeness (QED) is 0.830. The van der Waals surface area contributed by atoms with E-state index in [0.717, 1.165) is 6.04 Å². The molecule has 0 bridgehead atoms. The summed E-state index contributed by atoms with van der Waals surface area (Å²) in [5, 5.41) is 3.87. The Morgan fingerprint density at radius 2 is 1.89 bits per heavy atom. The summed E-state index contributed by atoms with van der Waals surface area (Å²) in [6, 6.07) is 0.717. The van der Waals surface area contributed by atoms with Crippen LogP contribution in [0.25, 0.3) is 0 Å². The smallest absolute Gasteiger partial charge is 0.0652 e. The average molecular weight is 266 g/mol. The molecule has 3 nitrogen and oxygen atoms in total. The Labute approximate surface area is 118 Å². The second-order valence-corrected chi connectivity index (χ2v) is 7.54. The molecule has 1 saturated heterocycles. The fraction of sp³-hybridized carbons (Fsp3) is 1.00. The molecule has 3 rings (SSSR count). The summed E-state index contributed by atoms with van der Waals surface area (Å²) in [6.45, 7) is 8.50. The van der Waals surface area contributed by atoms with Gasteiger partial charge in [-0.15, -0.1) is 0 Å². The molecule has 0 aromatic carbocycles. The van der Waals surface area contributed by atoms with Crippen LogP contribution in [0.3, 0.4) is 0 Å². The van der Waals surface area contributed by atoms with E-state index in [0.29, 0.717) is 17.1 Å². The van der Waals surface area contributed by atoms with Gasteiger partial charge in [0.25, 0.3) is 0 Å². The number of nitrogens with one attached hydrogen (secondary N) is 1. The highest BCUT2D eigenvalue weighted by Gasteiger charge is 2.52. The minimum Gasteiger partial charge on any atom is -0.381 e. The summed E-state index contributed by atoms with van der Waals surface area (Å²) in [5.74, 6) is 0. The molecule has 3 aliphatic rings. The average Bonchev–Trinajstić information content (AvgIpc) is 2.72. The molecule has 110 valence electrons. The van der Waals surface area contributed by atoms with Gasteiger partial charge in [-0.1, -0.05) is 26.7 Å². The van der Waals surface area contributed by atoms with Crippen LogP contribution >= 0.6 is 0 Å². The van der Waals surface area contributed by atoms with Crippen molar-refractivity contribution in [3.8, 4) is 0 Å². The lowest BCUT2D eigenvalue weighted by atomic mass is 9.63. The van der Waals surface area contributed by atoms with Crippen molar-refractivity contribution in [2.24, 2.45) is 5.41 Å². The first-order valence-corrected chi connectivity index (χ1v) is 8.09. The van der Waals surface area contributed by atoms with Crippen molar-refractivity contribution in [3.05, 3.63) is 0 Å². The fourth-order valence-corrected chi connectivity index (χ4v) is 4.70. The van der Waals surface area contributed by atoms with Gasteiger partial charge in [0.2, 0.25) is 0 Å². The predicted molar refractivity (Wildman–Crippen MR) is 78.4 cm³/mol. The number of nitrogens with zero attached hydrogens (tertiary/aromatic N) is 1. The first-order chi connectivity index (χ1) is 9.07. The monoisotopic (exact) mass is 266 g/mol. The van der Waals surface area contributed by atoms with Crippen molar-refractivity contribution in [1.82, 2.24) is 10.2 Å². The Balaban J connectivity index is 1.70. The molecule has 0 radical (unpaired) electrons. The number of hydrogen-bond donors (Lipinski definition) is 1. The van der Waals surface area contributed by atoms with Gasteiger partial charge in [-0.3, -0.25) is 4.90 Å². The molecule has 2 unspecified atom stereocenters. The zero-order valence-corrected chi connectivity index (χ0v) is 12.9. The Morgan fingerprint density at radius 1 is 1.16 bits per heavy atom. The number of methoxy groups -OCH3 is 1. The van der Waals surface area contributed by atoms with Crippen molar-refractivity contribution >= 4 is 0 Å². The summed E-state index contributed by atoms with van der Waals surface area (Å²) >= 11 is 0. The van der Waals surface area contributed by atoms with Crippen LogP contribution in [-0.2, 0) is 4.74 Å². The first kappa shape index (κ1) is 13.8. The summed E-state index contributed by atoms with van der Waals surface area (Å²) < 4.78 is 5.63. The number of rotatable bonds is 2. The second-order valence-electron chi connectivity index (χ2n) is 7.54. The van der Waals surface area contributed by atoms with E-state index >= 15 is 0 Å². The summed E-state index contributed by atoms with van der Waals surface area (Å²) in [6.07, 6.45) is 8.55. The molecule has 3 fully saturated rings. The molecule has 1 aliphatic heterocycles. The third kappa shape index (κ3) is 2.34. The van der Waals surface area contributed by atoms with Crippen LogP contribution in [0, 0.1) is 5.41 Å². The van der Waals surface area contributed by atoms with Gasteiger partial charge < -0.3 is 10.1 Å². The Morgan fingerprint density at radius 3 is 2.53 bits per heavy atom. The lowest BCUT2D eigenvalue weighted by Gasteiger charge is -2.56. The van der Waals surface area contributed by atoms with Gasteiger partial charge in [-0.2, -0.15) is 0 Å². The highest BCUT2D eigenvalue weighted by atomic mass is 16.5. The standard InChI is InChI=1S/C16H30N2O/c1-15(2)13(11-14(15)19-3)18-10-6-9-17-16(12-18)7-4-5-8-16/h13-14,17H,4-12H2,1-3H3. The molecule has 2 aliphatic carbocycles. The molecule has 2 saturated carbocycles. The Bertz CT molecular complexity index is 323. The van der Waals surface area contributed by atoms with E-state index < -0.39 is 0 Å². The highest BCUT2D eigenvalue weighted by molar-refractivity contribution is 5.07. The molecule has 2 atom stereocenters. The largest absolute Gasteiger partial charge is 0.381 e. The Hall–Kier alpha value is -0.120. The van der Waals surface area contributed by atoms with Crippen LogP contribution in [0.2, 0.25) is 0 Å². The third-order valence-electron chi connectivity index (χ3n) is 6.04. The zero-order valence-electron chi connectivity index (χ0n) is 12.9. The minimum atomic E-state index is 0.318. The summed E-state index contributed by atoms with van der Waals surface area (Å²) in [5.41, 5.74) is 0.754. The molecular formula is C16H30N2O. The molecular weight excluding hydrogens is 236 g/mol. The maximum absolute atomic E-state index is 5.63. The van der Waals surface area contributed by atoms with Gasteiger partial charge in [0.15, 0.2) is 0 Å². The minimum absolute atomic E-state index is 0.318. The molecule has 1 spiro atoms. The van der Waals surface area contributed by atoms with E-state index in [-0.39, 0.29) is 0 Å². The van der Waals surface area contributed by atoms with Crippen LogP contribution in [-0.4, -0.2) is 49.3 Å². The molecule has 19 heavy (non-hydrogen) atoms. The lowest BCUT2D eigenvalue weighted by Crippen LogP contribution is -2.64.